The number of furan rings is 1. The molecule has 0 amide bonds. The van der Waals surface area contributed by atoms with Crippen LogP contribution in [-0.4, -0.2) is 36.6 Å². The van der Waals surface area contributed by atoms with Crippen LogP contribution < -0.4 is 11.1 Å². The van der Waals surface area contributed by atoms with Crippen molar-refractivity contribution in [3.8, 4) is 0 Å². The van der Waals surface area contributed by atoms with Crippen LogP contribution in [0.1, 0.15) is 55.4 Å². The van der Waals surface area contributed by atoms with Gasteiger partial charge in [-0.15, -0.1) is 0 Å². The van der Waals surface area contributed by atoms with Gasteiger partial charge in [-0.2, -0.15) is 0 Å². The monoisotopic (exact) mass is 370 g/mol. The summed E-state index contributed by atoms with van der Waals surface area (Å²) in [6.45, 7) is 16.3. The van der Waals surface area contributed by atoms with Crippen LogP contribution in [0.4, 0.5) is 0 Å². The first kappa shape index (κ1) is 19.1. The molecule has 2 saturated heterocycles. The first-order chi connectivity index (χ1) is 12.3. The van der Waals surface area contributed by atoms with Crippen molar-refractivity contribution in [1.29, 1.82) is 0 Å². The van der Waals surface area contributed by atoms with Crippen molar-refractivity contribution < 1.29 is 23.0 Å². The minimum Gasteiger partial charge on any atom is -0.465 e. The summed E-state index contributed by atoms with van der Waals surface area (Å²) in [6.07, 6.45) is 0. The maximum atomic E-state index is 6.15. The van der Waals surface area contributed by atoms with Gasteiger partial charge >= 0.3 is 14.2 Å². The molecule has 4 rings (SSSR count). The van der Waals surface area contributed by atoms with Gasteiger partial charge in [0.2, 0.25) is 0 Å². The van der Waals surface area contributed by atoms with E-state index in [0.29, 0.717) is 5.66 Å². The molecule has 3 heterocycles. The molecule has 0 spiro atoms. The van der Waals surface area contributed by atoms with E-state index in [0.717, 1.165) is 16.4 Å². The Morgan fingerprint density at radius 1 is 0.630 bits per heavy atom. The van der Waals surface area contributed by atoms with E-state index in [2.05, 4.69) is 27.7 Å². The molecule has 1 aromatic carbocycles. The third-order valence-electron chi connectivity index (χ3n) is 6.57. The van der Waals surface area contributed by atoms with Crippen molar-refractivity contribution in [3.63, 3.8) is 0 Å². The lowest BCUT2D eigenvalue weighted by Crippen LogP contribution is -2.41. The highest BCUT2D eigenvalue weighted by Crippen LogP contribution is 2.38. The van der Waals surface area contributed by atoms with Gasteiger partial charge in [-0.25, -0.2) is 0 Å². The molecule has 0 bridgehead atoms. The van der Waals surface area contributed by atoms with Crippen molar-refractivity contribution in [1.82, 2.24) is 0 Å². The van der Waals surface area contributed by atoms with Crippen molar-refractivity contribution in [3.05, 3.63) is 24.3 Å². The summed E-state index contributed by atoms with van der Waals surface area (Å²) < 4.78 is 30.6. The van der Waals surface area contributed by atoms with Crippen LogP contribution in [0, 0.1) is 0 Å². The van der Waals surface area contributed by atoms with Crippen LogP contribution in [0.15, 0.2) is 28.7 Å². The summed E-state index contributed by atoms with van der Waals surface area (Å²) >= 11 is 0. The Bertz CT molecular complexity index is 818. The lowest BCUT2D eigenvalue weighted by atomic mass is 9.79. The quantitative estimate of drug-likeness (QED) is 0.761. The second-order valence-electron chi connectivity index (χ2n) is 9.62. The third-order valence-corrected chi connectivity index (χ3v) is 6.57. The second-order valence-corrected chi connectivity index (χ2v) is 9.62. The fraction of sp³-hybridized carbons (Fsp3) is 0.600. The van der Waals surface area contributed by atoms with E-state index in [4.69, 9.17) is 23.0 Å². The Morgan fingerprint density at radius 3 is 1.63 bits per heavy atom. The van der Waals surface area contributed by atoms with Gasteiger partial charge in [-0.1, -0.05) is 12.1 Å². The highest BCUT2D eigenvalue weighted by molar-refractivity contribution is 6.62. The Balaban J connectivity index is 1.62. The first-order valence-corrected chi connectivity index (χ1v) is 9.56. The fourth-order valence-corrected chi connectivity index (χ4v) is 3.27. The molecule has 0 unspecified atom stereocenters. The average Bonchev–Trinajstić information content (AvgIpc) is 3.10. The van der Waals surface area contributed by atoms with Gasteiger partial charge in [0, 0.05) is 5.39 Å². The van der Waals surface area contributed by atoms with Crippen LogP contribution in [-0.2, 0) is 18.6 Å². The second kappa shape index (κ2) is 5.63. The topological polar surface area (TPSA) is 50.1 Å². The Hall–Kier alpha value is -1.27. The van der Waals surface area contributed by atoms with E-state index in [1.54, 1.807) is 0 Å². The molecule has 0 N–H and O–H groups in total. The zero-order valence-corrected chi connectivity index (χ0v) is 17.5. The minimum absolute atomic E-state index is 0.371. The van der Waals surface area contributed by atoms with Crippen LogP contribution in [0.2, 0.25) is 0 Å². The highest BCUT2D eigenvalue weighted by Gasteiger charge is 2.54. The summed E-state index contributed by atoms with van der Waals surface area (Å²) in [5.41, 5.74) is 0.847. The van der Waals surface area contributed by atoms with E-state index in [1.165, 1.54) is 0 Å². The van der Waals surface area contributed by atoms with E-state index in [-0.39, 0.29) is 11.2 Å². The van der Waals surface area contributed by atoms with E-state index in [9.17, 15) is 0 Å². The molecular formula is C20H28B2O5. The predicted molar refractivity (Wildman–Crippen MR) is 108 cm³/mol. The molecule has 144 valence electrons. The van der Waals surface area contributed by atoms with Gasteiger partial charge in [0.1, 0.15) is 11.2 Å². The minimum atomic E-state index is -0.511. The van der Waals surface area contributed by atoms with Gasteiger partial charge in [0.25, 0.3) is 0 Å². The standard InChI is InChI=1S/C20H28B2O5/c1-17(2)18(3,4)25-21(24-17)14-10-9-13-11-16(23-15(13)12-14)22-26-19(5,6)20(7,8)27-22/h9-12H,1-8H3. The van der Waals surface area contributed by atoms with Gasteiger partial charge in [0.05, 0.1) is 22.4 Å². The maximum absolute atomic E-state index is 6.15. The van der Waals surface area contributed by atoms with Gasteiger partial charge in [-0.05, 0) is 73.0 Å². The van der Waals surface area contributed by atoms with Crippen molar-refractivity contribution >= 4 is 36.3 Å². The van der Waals surface area contributed by atoms with E-state index < -0.39 is 25.4 Å². The van der Waals surface area contributed by atoms with Crippen molar-refractivity contribution in [2.24, 2.45) is 0 Å². The molecule has 2 aliphatic heterocycles. The van der Waals surface area contributed by atoms with E-state index in [1.807, 2.05) is 52.0 Å². The van der Waals surface area contributed by atoms with Crippen LogP contribution in [0.3, 0.4) is 0 Å². The lowest BCUT2D eigenvalue weighted by Gasteiger charge is -2.32. The maximum Gasteiger partial charge on any atom is 0.532 e. The Kier molecular flexibility index (Phi) is 3.98. The highest BCUT2D eigenvalue weighted by atomic mass is 16.7. The molecule has 2 aliphatic rings. The Labute approximate surface area is 162 Å². The number of hydrogen-bond donors (Lipinski definition) is 0. The van der Waals surface area contributed by atoms with Crippen molar-refractivity contribution in [2.45, 2.75) is 77.8 Å². The predicted octanol–water partition coefficient (Wildman–Crippen LogP) is 3.03. The Morgan fingerprint density at radius 2 is 1.11 bits per heavy atom. The summed E-state index contributed by atoms with van der Waals surface area (Å²) in [5.74, 6) is 0. The smallest absolute Gasteiger partial charge is 0.465 e. The summed E-state index contributed by atoms with van der Waals surface area (Å²) in [4.78, 5) is 0. The molecule has 1 aromatic heterocycles. The molecule has 0 radical (unpaired) electrons. The molecule has 0 atom stereocenters. The zero-order valence-electron chi connectivity index (χ0n) is 17.5. The number of hydrogen-bond acceptors (Lipinski definition) is 5. The average molecular weight is 370 g/mol. The van der Waals surface area contributed by atoms with Gasteiger partial charge < -0.3 is 23.0 Å². The molecule has 2 aromatic rings. The molecule has 27 heavy (non-hydrogen) atoms. The summed E-state index contributed by atoms with van der Waals surface area (Å²) in [6, 6.07) is 8.00. The van der Waals surface area contributed by atoms with Crippen LogP contribution in [0.5, 0.6) is 0 Å². The third kappa shape index (κ3) is 2.96. The molecule has 5 nitrogen and oxygen atoms in total. The number of rotatable bonds is 2. The molecule has 0 saturated carbocycles. The van der Waals surface area contributed by atoms with Gasteiger partial charge in [-0.3, -0.25) is 0 Å². The van der Waals surface area contributed by atoms with Crippen molar-refractivity contribution in [2.75, 3.05) is 0 Å². The fourth-order valence-electron chi connectivity index (χ4n) is 3.27. The molecule has 0 aliphatic carbocycles. The molecule has 7 heteroatoms. The lowest BCUT2D eigenvalue weighted by molar-refractivity contribution is 0.00578. The summed E-state index contributed by atoms with van der Waals surface area (Å²) in [7, 11) is -0.924. The normalized spacial score (nSPS) is 25.5. The van der Waals surface area contributed by atoms with E-state index >= 15 is 0 Å². The number of fused-ring (bicyclic) bond motifs is 1. The SMILES string of the molecule is CC1(C)OB(c2ccc3cc(B4OC(C)(C)C(C)(C)O4)oc3c2)OC1(C)C. The van der Waals surface area contributed by atoms with Crippen LogP contribution >= 0.6 is 0 Å². The van der Waals surface area contributed by atoms with Gasteiger partial charge in [0.15, 0.2) is 0 Å². The summed E-state index contributed by atoms with van der Waals surface area (Å²) in [5, 5.41) is 1.000. The molecule has 2 fully saturated rings. The van der Waals surface area contributed by atoms with Crippen LogP contribution in [0.25, 0.3) is 11.0 Å². The largest absolute Gasteiger partial charge is 0.532 e. The zero-order chi connectivity index (χ0) is 19.8. The molecular weight excluding hydrogens is 342 g/mol. The number of benzene rings is 1. The first-order valence-electron chi connectivity index (χ1n) is 9.56.